The number of aromatic nitrogens is 5. The van der Waals surface area contributed by atoms with Gasteiger partial charge in [-0.05, 0) is 95.4 Å². The average molecular weight is 514 g/mol. The SMILES string of the molecule is CC(C)c1cccnc1.CC(C)c1ccncc1.CC(C)c1cnc2cccnc2c1.Cc1ccns1. The Morgan fingerprint density at radius 3 is 1.70 bits per heavy atom. The molecule has 0 amide bonds. The molecule has 0 aromatic carbocycles. The summed E-state index contributed by atoms with van der Waals surface area (Å²) >= 11 is 1.53. The van der Waals surface area contributed by atoms with E-state index >= 15 is 0 Å². The molecule has 5 aromatic rings. The Kier molecular flexibility index (Phi) is 13.1. The maximum Gasteiger partial charge on any atom is 0.0889 e. The summed E-state index contributed by atoms with van der Waals surface area (Å²) in [5, 5.41) is 0. The van der Waals surface area contributed by atoms with Crippen molar-refractivity contribution in [2.24, 2.45) is 0 Å². The van der Waals surface area contributed by atoms with Crippen LogP contribution in [0.2, 0.25) is 0 Å². The van der Waals surface area contributed by atoms with Crippen molar-refractivity contribution in [2.75, 3.05) is 0 Å². The molecule has 0 aliphatic heterocycles. The fourth-order valence-electron chi connectivity index (χ4n) is 3.03. The van der Waals surface area contributed by atoms with Gasteiger partial charge in [0, 0.05) is 48.3 Å². The number of aryl methyl sites for hydroxylation is 1. The second-order valence-electron chi connectivity index (χ2n) is 9.46. The summed E-state index contributed by atoms with van der Waals surface area (Å²) in [5.74, 6) is 1.73. The zero-order valence-corrected chi connectivity index (χ0v) is 23.9. The molecule has 0 atom stereocenters. The minimum Gasteiger partial charge on any atom is -0.265 e. The van der Waals surface area contributed by atoms with Crippen molar-refractivity contribution in [3.05, 3.63) is 113 Å². The predicted molar refractivity (Wildman–Crippen MR) is 157 cm³/mol. The highest BCUT2D eigenvalue weighted by atomic mass is 32.1. The van der Waals surface area contributed by atoms with Gasteiger partial charge in [-0.1, -0.05) is 47.6 Å². The van der Waals surface area contributed by atoms with Gasteiger partial charge in [0.1, 0.15) is 0 Å². The van der Waals surface area contributed by atoms with Crippen LogP contribution >= 0.6 is 11.5 Å². The van der Waals surface area contributed by atoms with Crippen molar-refractivity contribution >= 4 is 22.6 Å². The first-order chi connectivity index (χ1) is 17.8. The highest BCUT2D eigenvalue weighted by molar-refractivity contribution is 7.05. The first-order valence-electron chi connectivity index (χ1n) is 12.7. The number of hydrogen-bond acceptors (Lipinski definition) is 6. The number of hydrogen-bond donors (Lipinski definition) is 0. The molecule has 0 fully saturated rings. The summed E-state index contributed by atoms with van der Waals surface area (Å²) in [7, 11) is 0. The van der Waals surface area contributed by atoms with E-state index in [1.165, 1.54) is 33.1 Å². The standard InChI is InChI=1S/C11H12N2.2C8H11N.C4H5NS/c1-8(2)9-6-11-10(13-7-9)4-3-5-12-11;1-7(2)8-3-5-9-6-4-8;1-7(2)8-4-3-5-9-6-8;1-4-2-3-5-6-4/h3-8H,1-2H3;2*3-7H,1-2H3;2-3H,1H3. The van der Waals surface area contributed by atoms with E-state index in [9.17, 15) is 0 Å². The molecule has 5 aromatic heterocycles. The normalized spacial score (nSPS) is 10.2. The van der Waals surface area contributed by atoms with E-state index in [0.29, 0.717) is 17.8 Å². The smallest absolute Gasteiger partial charge is 0.0889 e. The van der Waals surface area contributed by atoms with Crippen LogP contribution in [-0.4, -0.2) is 24.3 Å². The van der Waals surface area contributed by atoms with Gasteiger partial charge in [-0.15, -0.1) is 0 Å². The van der Waals surface area contributed by atoms with E-state index in [1.807, 2.05) is 68.1 Å². The third-order valence-electron chi connectivity index (χ3n) is 5.43. The Bertz CT molecular complexity index is 1210. The summed E-state index contributed by atoms with van der Waals surface area (Å²) in [6.07, 6.45) is 12.9. The minimum atomic E-state index is 0.513. The number of pyridine rings is 4. The Labute approximate surface area is 226 Å². The third-order valence-corrected chi connectivity index (χ3v) is 6.08. The molecule has 5 rings (SSSR count). The summed E-state index contributed by atoms with van der Waals surface area (Å²) in [6.45, 7) is 15.0. The highest BCUT2D eigenvalue weighted by Gasteiger charge is 2.01. The van der Waals surface area contributed by atoms with Crippen LogP contribution in [0.15, 0.2) is 91.9 Å². The lowest BCUT2D eigenvalue weighted by molar-refractivity contribution is 0.858. The first-order valence-corrected chi connectivity index (χ1v) is 13.4. The molecular formula is C31H39N5S. The lowest BCUT2D eigenvalue weighted by Gasteiger charge is -2.04. The lowest BCUT2D eigenvalue weighted by Crippen LogP contribution is -1.90. The quantitative estimate of drug-likeness (QED) is 0.242. The zero-order chi connectivity index (χ0) is 27.0. The van der Waals surface area contributed by atoms with Crippen molar-refractivity contribution < 1.29 is 0 Å². The Hall–Kier alpha value is -3.51. The van der Waals surface area contributed by atoms with E-state index in [4.69, 9.17) is 0 Å². The number of rotatable bonds is 3. The molecule has 0 unspecified atom stereocenters. The van der Waals surface area contributed by atoms with Crippen molar-refractivity contribution in [3.8, 4) is 0 Å². The molecular weight excluding hydrogens is 474 g/mol. The van der Waals surface area contributed by atoms with Crippen molar-refractivity contribution in [1.82, 2.24) is 24.3 Å². The van der Waals surface area contributed by atoms with Gasteiger partial charge < -0.3 is 0 Å². The third kappa shape index (κ3) is 11.4. The van der Waals surface area contributed by atoms with Gasteiger partial charge in [-0.2, -0.15) is 0 Å². The van der Waals surface area contributed by atoms with E-state index in [0.717, 1.165) is 11.0 Å². The molecule has 6 heteroatoms. The summed E-state index contributed by atoms with van der Waals surface area (Å²) < 4.78 is 3.86. The summed E-state index contributed by atoms with van der Waals surface area (Å²) in [6, 6.07) is 16.1. The van der Waals surface area contributed by atoms with Gasteiger partial charge in [0.25, 0.3) is 0 Å². The maximum atomic E-state index is 4.34. The molecule has 0 saturated heterocycles. The minimum absolute atomic E-state index is 0.513. The first kappa shape index (κ1) is 29.7. The van der Waals surface area contributed by atoms with Crippen molar-refractivity contribution in [3.63, 3.8) is 0 Å². The molecule has 0 spiro atoms. The molecule has 0 aliphatic carbocycles. The molecule has 0 radical (unpaired) electrons. The fraction of sp³-hybridized carbons (Fsp3) is 0.323. The molecule has 0 aliphatic rings. The summed E-state index contributed by atoms with van der Waals surface area (Å²) in [4.78, 5) is 17.8. The van der Waals surface area contributed by atoms with Gasteiger partial charge >= 0.3 is 0 Å². The van der Waals surface area contributed by atoms with Crippen LogP contribution in [0, 0.1) is 6.92 Å². The van der Waals surface area contributed by atoms with Crippen LogP contribution in [0.3, 0.4) is 0 Å². The lowest BCUT2D eigenvalue weighted by atomic mass is 10.1. The van der Waals surface area contributed by atoms with Crippen LogP contribution in [0.25, 0.3) is 11.0 Å². The van der Waals surface area contributed by atoms with E-state index < -0.39 is 0 Å². The highest BCUT2D eigenvalue weighted by Crippen LogP contribution is 2.17. The second-order valence-corrected chi connectivity index (χ2v) is 10.5. The summed E-state index contributed by atoms with van der Waals surface area (Å²) in [5.41, 5.74) is 5.84. The fourth-order valence-corrected chi connectivity index (χ4v) is 3.44. The predicted octanol–water partition coefficient (Wildman–Crippen LogP) is 8.61. The van der Waals surface area contributed by atoms with E-state index in [1.54, 1.807) is 18.6 Å². The Morgan fingerprint density at radius 2 is 1.24 bits per heavy atom. The Morgan fingerprint density at radius 1 is 0.568 bits per heavy atom. The zero-order valence-electron chi connectivity index (χ0n) is 23.0. The number of fused-ring (bicyclic) bond motifs is 1. The second kappa shape index (κ2) is 16.3. The van der Waals surface area contributed by atoms with E-state index in [2.05, 4.69) is 78.0 Å². The Balaban J connectivity index is 0.000000180. The van der Waals surface area contributed by atoms with Gasteiger partial charge in [-0.3, -0.25) is 19.9 Å². The molecule has 0 bridgehead atoms. The maximum absolute atomic E-state index is 4.34. The van der Waals surface area contributed by atoms with Crippen LogP contribution in [0.1, 0.15) is 80.9 Å². The van der Waals surface area contributed by atoms with E-state index in [-0.39, 0.29) is 0 Å². The molecule has 194 valence electrons. The molecule has 0 saturated carbocycles. The van der Waals surface area contributed by atoms with Crippen LogP contribution in [-0.2, 0) is 0 Å². The van der Waals surface area contributed by atoms with Gasteiger partial charge in [0.2, 0.25) is 0 Å². The van der Waals surface area contributed by atoms with Gasteiger partial charge in [0.05, 0.1) is 11.0 Å². The monoisotopic (exact) mass is 513 g/mol. The van der Waals surface area contributed by atoms with Gasteiger partial charge in [0.15, 0.2) is 0 Å². The van der Waals surface area contributed by atoms with Crippen molar-refractivity contribution in [2.45, 2.75) is 66.2 Å². The number of nitrogens with zero attached hydrogens (tertiary/aromatic N) is 5. The van der Waals surface area contributed by atoms with Gasteiger partial charge in [-0.25, -0.2) is 4.37 Å². The van der Waals surface area contributed by atoms with Crippen LogP contribution in [0.4, 0.5) is 0 Å². The topological polar surface area (TPSA) is 64.5 Å². The molecule has 5 nitrogen and oxygen atoms in total. The molecule has 0 N–H and O–H groups in total. The van der Waals surface area contributed by atoms with Crippen LogP contribution in [0.5, 0.6) is 0 Å². The average Bonchev–Trinajstić information content (AvgIpc) is 3.41. The van der Waals surface area contributed by atoms with Crippen molar-refractivity contribution in [1.29, 1.82) is 0 Å². The largest absolute Gasteiger partial charge is 0.265 e. The van der Waals surface area contributed by atoms with Crippen LogP contribution < -0.4 is 0 Å². The molecule has 37 heavy (non-hydrogen) atoms. The molecule has 5 heterocycles.